The van der Waals surface area contributed by atoms with Crippen molar-refractivity contribution < 1.29 is 9.59 Å². The largest absolute Gasteiger partial charge is 0.295 e. The second-order valence-electron chi connectivity index (χ2n) is 4.34. The number of para-hydroxylation sites is 1. The van der Waals surface area contributed by atoms with Crippen LogP contribution in [0.1, 0.15) is 25.3 Å². The summed E-state index contributed by atoms with van der Waals surface area (Å²) in [5, 5.41) is 10.4. The van der Waals surface area contributed by atoms with E-state index in [1.54, 1.807) is 4.68 Å². The number of fused-ring (bicyclic) bond motifs is 1. The normalized spacial score (nSPS) is 20.8. The molecule has 1 saturated heterocycles. The Kier molecular flexibility index (Phi) is 2.55. The highest BCUT2D eigenvalue weighted by Crippen LogP contribution is 2.22. The van der Waals surface area contributed by atoms with Gasteiger partial charge in [-0.2, -0.15) is 0 Å². The fourth-order valence-electron chi connectivity index (χ4n) is 2.22. The zero-order valence-corrected chi connectivity index (χ0v) is 9.67. The van der Waals surface area contributed by atoms with Crippen molar-refractivity contribution in [3.05, 3.63) is 24.3 Å². The van der Waals surface area contributed by atoms with E-state index in [9.17, 15) is 9.59 Å². The van der Waals surface area contributed by atoms with Crippen molar-refractivity contribution in [1.29, 1.82) is 0 Å². The van der Waals surface area contributed by atoms with E-state index < -0.39 is 6.04 Å². The predicted octanol–water partition coefficient (Wildman–Crippen LogP) is 0.799. The van der Waals surface area contributed by atoms with E-state index in [1.807, 2.05) is 24.3 Å². The lowest BCUT2D eigenvalue weighted by atomic mass is 10.1. The van der Waals surface area contributed by atoms with E-state index in [1.165, 1.54) is 0 Å². The Morgan fingerprint density at radius 1 is 1.28 bits per heavy atom. The van der Waals surface area contributed by atoms with Gasteiger partial charge < -0.3 is 0 Å². The zero-order chi connectivity index (χ0) is 12.5. The Morgan fingerprint density at radius 3 is 3.00 bits per heavy atom. The molecular weight excluding hydrogens is 232 g/mol. The first kappa shape index (κ1) is 10.9. The van der Waals surface area contributed by atoms with Gasteiger partial charge in [0.15, 0.2) is 0 Å². The molecule has 1 aromatic carbocycles. The van der Waals surface area contributed by atoms with E-state index >= 15 is 0 Å². The molecule has 2 aromatic rings. The fraction of sp³-hybridized carbons (Fsp3) is 0.333. The highest BCUT2D eigenvalue weighted by molar-refractivity contribution is 5.98. The van der Waals surface area contributed by atoms with E-state index in [0.717, 1.165) is 11.0 Å². The number of carbonyl (C=O) groups excluding carboxylic acids is 2. The second-order valence-corrected chi connectivity index (χ2v) is 4.34. The summed E-state index contributed by atoms with van der Waals surface area (Å²) >= 11 is 0. The van der Waals surface area contributed by atoms with Crippen LogP contribution in [0.5, 0.6) is 0 Å². The summed E-state index contributed by atoms with van der Waals surface area (Å²) in [6.45, 7) is 0. The van der Waals surface area contributed by atoms with Gasteiger partial charge in [0.05, 0.1) is 5.52 Å². The van der Waals surface area contributed by atoms with Crippen molar-refractivity contribution in [2.45, 2.75) is 25.3 Å². The van der Waals surface area contributed by atoms with Gasteiger partial charge in [0.25, 0.3) is 5.91 Å². The molecule has 92 valence electrons. The van der Waals surface area contributed by atoms with Gasteiger partial charge in [0, 0.05) is 6.42 Å². The third-order valence-electron chi connectivity index (χ3n) is 3.12. The molecule has 0 bridgehead atoms. The van der Waals surface area contributed by atoms with Gasteiger partial charge >= 0.3 is 0 Å². The topological polar surface area (TPSA) is 76.9 Å². The highest BCUT2D eigenvalue weighted by atomic mass is 16.2. The summed E-state index contributed by atoms with van der Waals surface area (Å²) in [7, 11) is 0. The SMILES string of the molecule is O=C1CCCC(n2nnc3ccccc32)C(=O)N1. The summed E-state index contributed by atoms with van der Waals surface area (Å²) in [4.78, 5) is 23.2. The Bertz CT molecular complexity index is 619. The summed E-state index contributed by atoms with van der Waals surface area (Å²) in [5.74, 6) is -0.514. The first-order valence-corrected chi connectivity index (χ1v) is 5.89. The predicted molar refractivity (Wildman–Crippen MR) is 63.6 cm³/mol. The molecule has 1 aliphatic heterocycles. The summed E-state index contributed by atoms with van der Waals surface area (Å²) in [5.41, 5.74) is 1.56. The van der Waals surface area contributed by atoms with Crippen molar-refractivity contribution in [2.75, 3.05) is 0 Å². The lowest BCUT2D eigenvalue weighted by molar-refractivity contribution is -0.131. The average molecular weight is 244 g/mol. The molecule has 1 fully saturated rings. The number of hydrogen-bond donors (Lipinski definition) is 1. The number of carbonyl (C=O) groups is 2. The fourth-order valence-corrected chi connectivity index (χ4v) is 2.22. The van der Waals surface area contributed by atoms with Crippen molar-refractivity contribution in [1.82, 2.24) is 20.3 Å². The van der Waals surface area contributed by atoms with Crippen LogP contribution in [-0.2, 0) is 9.59 Å². The molecule has 1 N–H and O–H groups in total. The molecule has 1 unspecified atom stereocenters. The van der Waals surface area contributed by atoms with Crippen molar-refractivity contribution in [2.24, 2.45) is 0 Å². The van der Waals surface area contributed by atoms with Crippen LogP contribution < -0.4 is 5.32 Å². The molecule has 6 nitrogen and oxygen atoms in total. The quantitative estimate of drug-likeness (QED) is 0.753. The van der Waals surface area contributed by atoms with Crippen molar-refractivity contribution in [3.63, 3.8) is 0 Å². The first-order valence-electron chi connectivity index (χ1n) is 5.89. The zero-order valence-electron chi connectivity index (χ0n) is 9.67. The summed E-state index contributed by atoms with van der Waals surface area (Å²) in [6, 6.07) is 7.01. The molecule has 1 aliphatic rings. The minimum atomic E-state index is -0.455. The van der Waals surface area contributed by atoms with E-state index in [0.29, 0.717) is 19.3 Å². The molecule has 0 radical (unpaired) electrons. The Morgan fingerprint density at radius 2 is 2.11 bits per heavy atom. The number of benzene rings is 1. The van der Waals surface area contributed by atoms with Crippen LogP contribution >= 0.6 is 0 Å². The summed E-state index contributed by atoms with van der Waals surface area (Å²) in [6.07, 6.45) is 1.66. The van der Waals surface area contributed by atoms with Gasteiger partial charge in [0.2, 0.25) is 5.91 Å². The minimum Gasteiger partial charge on any atom is -0.295 e. The molecule has 0 aliphatic carbocycles. The van der Waals surface area contributed by atoms with Gasteiger partial charge in [0.1, 0.15) is 11.6 Å². The molecule has 2 amide bonds. The molecule has 1 aromatic heterocycles. The van der Waals surface area contributed by atoms with Crippen LogP contribution in [0.25, 0.3) is 11.0 Å². The molecule has 0 spiro atoms. The molecular formula is C12H12N4O2. The van der Waals surface area contributed by atoms with Gasteiger partial charge in [-0.15, -0.1) is 5.10 Å². The van der Waals surface area contributed by atoms with Gasteiger partial charge in [-0.3, -0.25) is 14.9 Å². The van der Waals surface area contributed by atoms with Gasteiger partial charge in [-0.05, 0) is 25.0 Å². The number of rotatable bonds is 1. The lowest BCUT2D eigenvalue weighted by Crippen LogP contribution is -2.34. The smallest absolute Gasteiger partial charge is 0.251 e. The van der Waals surface area contributed by atoms with Crippen molar-refractivity contribution >= 4 is 22.8 Å². The van der Waals surface area contributed by atoms with Crippen LogP contribution in [0.4, 0.5) is 0 Å². The third kappa shape index (κ3) is 1.75. The number of nitrogens with one attached hydrogen (secondary N) is 1. The molecule has 3 rings (SSSR count). The van der Waals surface area contributed by atoms with Crippen LogP contribution in [0, 0.1) is 0 Å². The van der Waals surface area contributed by atoms with Crippen LogP contribution in [0.3, 0.4) is 0 Å². The average Bonchev–Trinajstić information content (AvgIpc) is 2.70. The van der Waals surface area contributed by atoms with Crippen LogP contribution in [0.15, 0.2) is 24.3 Å². The van der Waals surface area contributed by atoms with E-state index in [-0.39, 0.29) is 11.8 Å². The van der Waals surface area contributed by atoms with Crippen LogP contribution in [0.2, 0.25) is 0 Å². The van der Waals surface area contributed by atoms with Crippen LogP contribution in [-0.4, -0.2) is 26.8 Å². The Hall–Kier alpha value is -2.24. The maximum absolute atomic E-state index is 11.9. The number of aromatic nitrogens is 3. The number of imide groups is 1. The highest BCUT2D eigenvalue weighted by Gasteiger charge is 2.27. The number of amides is 2. The number of hydrogen-bond acceptors (Lipinski definition) is 4. The Balaban J connectivity index is 2.03. The maximum Gasteiger partial charge on any atom is 0.251 e. The molecule has 18 heavy (non-hydrogen) atoms. The summed E-state index contributed by atoms with van der Waals surface area (Å²) < 4.78 is 1.60. The first-order chi connectivity index (χ1) is 8.75. The van der Waals surface area contributed by atoms with Crippen molar-refractivity contribution in [3.8, 4) is 0 Å². The minimum absolute atomic E-state index is 0.216. The molecule has 6 heteroatoms. The number of nitrogens with zero attached hydrogens (tertiary/aromatic N) is 3. The van der Waals surface area contributed by atoms with E-state index in [2.05, 4.69) is 15.6 Å². The molecule has 2 heterocycles. The monoisotopic (exact) mass is 244 g/mol. The van der Waals surface area contributed by atoms with Gasteiger partial charge in [-0.25, -0.2) is 4.68 Å². The van der Waals surface area contributed by atoms with E-state index in [4.69, 9.17) is 0 Å². The maximum atomic E-state index is 11.9. The van der Waals surface area contributed by atoms with Gasteiger partial charge in [-0.1, -0.05) is 17.3 Å². The lowest BCUT2D eigenvalue weighted by Gasteiger charge is -2.13. The second kappa shape index (κ2) is 4.21. The molecule has 0 saturated carbocycles. The molecule has 1 atom stereocenters. The third-order valence-corrected chi connectivity index (χ3v) is 3.12. The Labute approximate surface area is 103 Å². The standard InChI is InChI=1S/C12H12N4O2/c17-11-7-3-6-10(12(18)13-11)16-9-5-2-1-4-8(9)14-15-16/h1-2,4-5,10H,3,6-7H2,(H,13,17,18).